The molecule has 0 atom stereocenters. The van der Waals surface area contributed by atoms with Crippen LogP contribution in [-0.2, 0) is 14.8 Å². The van der Waals surface area contributed by atoms with Gasteiger partial charge >= 0.3 is 5.97 Å². The highest BCUT2D eigenvalue weighted by Gasteiger charge is 2.25. The molecular weight excluding hydrogens is 286 g/mol. The molecule has 0 spiro atoms. The van der Waals surface area contributed by atoms with Crippen molar-refractivity contribution in [3.63, 3.8) is 0 Å². The van der Waals surface area contributed by atoms with Gasteiger partial charge in [0.15, 0.2) is 6.61 Å². The molecule has 0 aliphatic rings. The van der Waals surface area contributed by atoms with Crippen LogP contribution >= 0.6 is 0 Å². The topological polar surface area (TPSA) is 113 Å². The highest BCUT2D eigenvalue weighted by atomic mass is 32.2. The monoisotopic (exact) mass is 303 g/mol. The number of nitrogens with one attached hydrogen (secondary N) is 1. The minimum atomic E-state index is -3.76. The molecule has 112 valence electrons. The second-order valence-electron chi connectivity index (χ2n) is 4.80. The molecular formula is C12H17NO6S. The summed E-state index contributed by atoms with van der Waals surface area (Å²) in [6, 6.07) is 5.33. The van der Waals surface area contributed by atoms with Gasteiger partial charge in [-0.1, -0.05) is 0 Å². The Balaban J connectivity index is 2.84. The van der Waals surface area contributed by atoms with Crippen LogP contribution in [0.5, 0.6) is 5.75 Å². The molecule has 0 unspecified atom stereocenters. The van der Waals surface area contributed by atoms with Gasteiger partial charge in [0.25, 0.3) is 0 Å². The SMILES string of the molecule is CC(C)(CO)NS(=O)(=O)c1ccc(OCC(=O)O)cc1. The van der Waals surface area contributed by atoms with E-state index in [9.17, 15) is 13.2 Å². The normalized spacial score (nSPS) is 12.2. The largest absolute Gasteiger partial charge is 0.482 e. The van der Waals surface area contributed by atoms with E-state index in [0.717, 1.165) is 0 Å². The number of carboxylic acids is 1. The van der Waals surface area contributed by atoms with E-state index in [2.05, 4.69) is 4.72 Å². The predicted octanol–water partition coefficient (Wildman–Crippen LogP) is 0.199. The van der Waals surface area contributed by atoms with Gasteiger partial charge in [0.05, 0.1) is 17.0 Å². The van der Waals surface area contributed by atoms with E-state index in [0.29, 0.717) is 0 Å². The van der Waals surface area contributed by atoms with E-state index in [1.165, 1.54) is 24.3 Å². The Morgan fingerprint density at radius 3 is 2.30 bits per heavy atom. The predicted molar refractivity (Wildman–Crippen MR) is 71.1 cm³/mol. The van der Waals surface area contributed by atoms with Gasteiger partial charge in [-0.2, -0.15) is 0 Å². The van der Waals surface area contributed by atoms with Gasteiger partial charge in [-0.15, -0.1) is 0 Å². The van der Waals surface area contributed by atoms with Gasteiger partial charge in [0.2, 0.25) is 10.0 Å². The van der Waals surface area contributed by atoms with Crippen LogP contribution in [0.25, 0.3) is 0 Å². The van der Waals surface area contributed by atoms with Crippen molar-refractivity contribution >= 4 is 16.0 Å². The number of ether oxygens (including phenoxy) is 1. The van der Waals surface area contributed by atoms with Crippen molar-refractivity contribution in [3.8, 4) is 5.75 Å². The molecule has 0 radical (unpaired) electrons. The van der Waals surface area contributed by atoms with Crippen molar-refractivity contribution in [2.45, 2.75) is 24.3 Å². The summed E-state index contributed by atoms with van der Waals surface area (Å²) >= 11 is 0. The van der Waals surface area contributed by atoms with Crippen LogP contribution in [0.2, 0.25) is 0 Å². The lowest BCUT2D eigenvalue weighted by Crippen LogP contribution is -2.46. The van der Waals surface area contributed by atoms with Gasteiger partial charge in [0.1, 0.15) is 5.75 Å². The summed E-state index contributed by atoms with van der Waals surface area (Å²) in [5.41, 5.74) is -0.975. The fourth-order valence-electron chi connectivity index (χ4n) is 1.32. The van der Waals surface area contributed by atoms with E-state index >= 15 is 0 Å². The van der Waals surface area contributed by atoms with Gasteiger partial charge in [-0.3, -0.25) is 0 Å². The Hall–Kier alpha value is -1.64. The van der Waals surface area contributed by atoms with Crippen molar-refractivity contribution in [1.82, 2.24) is 4.72 Å². The zero-order valence-corrected chi connectivity index (χ0v) is 12.0. The summed E-state index contributed by atoms with van der Waals surface area (Å²) in [6.07, 6.45) is 0. The number of hydrogen-bond acceptors (Lipinski definition) is 5. The van der Waals surface area contributed by atoms with E-state index < -0.39 is 28.1 Å². The summed E-state index contributed by atoms with van der Waals surface area (Å²) in [5, 5.41) is 17.5. The van der Waals surface area contributed by atoms with Gasteiger partial charge < -0.3 is 14.9 Å². The molecule has 0 amide bonds. The Bertz CT molecular complexity index is 564. The van der Waals surface area contributed by atoms with Crippen LogP contribution in [0.3, 0.4) is 0 Å². The molecule has 0 heterocycles. The van der Waals surface area contributed by atoms with Crippen molar-refractivity contribution in [2.24, 2.45) is 0 Å². The number of aliphatic hydroxyl groups excluding tert-OH is 1. The maximum atomic E-state index is 12.0. The van der Waals surface area contributed by atoms with E-state index in [-0.39, 0.29) is 17.3 Å². The third kappa shape index (κ3) is 4.80. The lowest BCUT2D eigenvalue weighted by Gasteiger charge is -2.23. The van der Waals surface area contributed by atoms with Crippen molar-refractivity contribution in [3.05, 3.63) is 24.3 Å². The maximum Gasteiger partial charge on any atom is 0.341 e. The minimum absolute atomic E-state index is 0.00157. The molecule has 8 heteroatoms. The lowest BCUT2D eigenvalue weighted by atomic mass is 10.1. The Morgan fingerprint density at radius 2 is 1.85 bits per heavy atom. The maximum absolute atomic E-state index is 12.0. The van der Waals surface area contributed by atoms with Crippen LogP contribution in [0.15, 0.2) is 29.2 Å². The fraction of sp³-hybridized carbons (Fsp3) is 0.417. The van der Waals surface area contributed by atoms with Crippen molar-refractivity contribution in [2.75, 3.05) is 13.2 Å². The van der Waals surface area contributed by atoms with Crippen LogP contribution in [0.1, 0.15) is 13.8 Å². The summed E-state index contributed by atoms with van der Waals surface area (Å²) < 4.78 is 31.3. The number of hydrogen-bond donors (Lipinski definition) is 3. The van der Waals surface area contributed by atoms with E-state index in [4.69, 9.17) is 14.9 Å². The molecule has 0 aliphatic carbocycles. The van der Waals surface area contributed by atoms with Gasteiger partial charge in [-0.05, 0) is 38.1 Å². The summed E-state index contributed by atoms with van der Waals surface area (Å²) in [5.74, 6) is -0.860. The molecule has 0 aromatic heterocycles. The van der Waals surface area contributed by atoms with Crippen molar-refractivity contribution < 1.29 is 28.2 Å². The fourth-order valence-corrected chi connectivity index (χ4v) is 2.72. The van der Waals surface area contributed by atoms with Crippen LogP contribution in [-0.4, -0.2) is 43.4 Å². The molecule has 1 rings (SSSR count). The zero-order valence-electron chi connectivity index (χ0n) is 11.2. The molecule has 0 saturated carbocycles. The standard InChI is InChI=1S/C12H17NO6S/c1-12(2,8-14)13-20(17,18)10-5-3-9(4-6-10)19-7-11(15)16/h3-6,13-14H,7-8H2,1-2H3,(H,15,16). The molecule has 0 saturated heterocycles. The second-order valence-corrected chi connectivity index (χ2v) is 6.48. The molecule has 0 fully saturated rings. The van der Waals surface area contributed by atoms with Crippen LogP contribution in [0, 0.1) is 0 Å². The number of aliphatic hydroxyl groups is 1. The third-order valence-electron chi connectivity index (χ3n) is 2.30. The van der Waals surface area contributed by atoms with E-state index in [1.54, 1.807) is 13.8 Å². The molecule has 1 aromatic carbocycles. The first-order valence-corrected chi connectivity index (χ1v) is 7.24. The third-order valence-corrected chi connectivity index (χ3v) is 4.02. The zero-order chi connectivity index (χ0) is 15.4. The van der Waals surface area contributed by atoms with E-state index in [1.807, 2.05) is 0 Å². The summed E-state index contributed by atoms with van der Waals surface area (Å²) in [6.45, 7) is 2.26. The number of rotatable bonds is 7. The summed E-state index contributed by atoms with van der Waals surface area (Å²) in [7, 11) is -3.76. The molecule has 0 bridgehead atoms. The molecule has 1 aromatic rings. The van der Waals surface area contributed by atoms with Gasteiger partial charge in [-0.25, -0.2) is 17.9 Å². The molecule has 20 heavy (non-hydrogen) atoms. The number of carboxylic acid groups (broad SMARTS) is 1. The first-order valence-electron chi connectivity index (χ1n) is 5.76. The number of carbonyl (C=O) groups is 1. The minimum Gasteiger partial charge on any atom is -0.482 e. The van der Waals surface area contributed by atoms with Crippen LogP contribution in [0.4, 0.5) is 0 Å². The average molecular weight is 303 g/mol. The second kappa shape index (κ2) is 6.21. The van der Waals surface area contributed by atoms with Crippen LogP contribution < -0.4 is 9.46 Å². The molecule has 3 N–H and O–H groups in total. The molecule has 0 aliphatic heterocycles. The van der Waals surface area contributed by atoms with Gasteiger partial charge in [0, 0.05) is 0 Å². The number of sulfonamides is 1. The average Bonchev–Trinajstić information content (AvgIpc) is 2.35. The highest BCUT2D eigenvalue weighted by molar-refractivity contribution is 7.89. The summed E-state index contributed by atoms with van der Waals surface area (Å²) in [4.78, 5) is 10.3. The Labute approximate surface area is 117 Å². The van der Waals surface area contributed by atoms with Crippen molar-refractivity contribution in [1.29, 1.82) is 0 Å². The highest BCUT2D eigenvalue weighted by Crippen LogP contribution is 2.17. The number of aliphatic carboxylic acids is 1. The molecule has 7 nitrogen and oxygen atoms in total. The first-order chi connectivity index (χ1) is 9.16. The Kier molecular flexibility index (Phi) is 5.09. The lowest BCUT2D eigenvalue weighted by molar-refractivity contribution is -0.139. The Morgan fingerprint density at radius 1 is 1.30 bits per heavy atom. The first kappa shape index (κ1) is 16.4. The quantitative estimate of drug-likeness (QED) is 0.663. The smallest absolute Gasteiger partial charge is 0.341 e. The number of benzene rings is 1.